The monoisotopic (exact) mass is 250 g/mol. The molecule has 1 aromatic heterocycles. The van der Waals surface area contributed by atoms with Crippen LogP contribution in [0.15, 0.2) is 42.7 Å². The van der Waals surface area contributed by atoms with Crippen molar-refractivity contribution in [2.75, 3.05) is 6.54 Å². The van der Waals surface area contributed by atoms with Gasteiger partial charge < -0.3 is 0 Å². The molecule has 3 heterocycles. The highest BCUT2D eigenvalue weighted by Gasteiger charge is 2.35. The average molecular weight is 250 g/mol. The van der Waals surface area contributed by atoms with Crippen molar-refractivity contribution >= 4 is 0 Å². The maximum atomic E-state index is 4.30. The summed E-state index contributed by atoms with van der Waals surface area (Å²) in [6.07, 6.45) is 6.28. The van der Waals surface area contributed by atoms with Crippen LogP contribution >= 0.6 is 0 Å². The van der Waals surface area contributed by atoms with E-state index in [9.17, 15) is 0 Å². The van der Waals surface area contributed by atoms with Gasteiger partial charge in [-0.3, -0.25) is 9.88 Å². The highest BCUT2D eigenvalue weighted by Crippen LogP contribution is 2.42. The zero-order valence-corrected chi connectivity index (χ0v) is 11.2. The first-order valence-corrected chi connectivity index (χ1v) is 7.11. The molecular formula is C17H18N2. The summed E-state index contributed by atoms with van der Waals surface area (Å²) in [5.41, 5.74) is 5.95. The standard InChI is InChI=1S/C17H18N2/c1-12-16-11-18-8-6-14(16)10-17-15-5-3-2-4-13(15)7-9-19(12)17/h2-6,8,11-12,17H,7,9-10H2,1H3/t12-,17-/m0/s1. The summed E-state index contributed by atoms with van der Waals surface area (Å²) in [6.45, 7) is 3.48. The lowest BCUT2D eigenvalue weighted by atomic mass is 9.82. The Labute approximate surface area is 114 Å². The van der Waals surface area contributed by atoms with Gasteiger partial charge in [0.15, 0.2) is 0 Å². The number of hydrogen-bond donors (Lipinski definition) is 0. The normalized spacial score (nSPS) is 25.3. The second kappa shape index (κ2) is 4.17. The number of nitrogens with zero attached hydrogens (tertiary/aromatic N) is 2. The quantitative estimate of drug-likeness (QED) is 0.713. The van der Waals surface area contributed by atoms with E-state index in [-0.39, 0.29) is 0 Å². The maximum Gasteiger partial charge on any atom is 0.0397 e. The Bertz CT molecular complexity index is 620. The Hall–Kier alpha value is -1.67. The summed E-state index contributed by atoms with van der Waals surface area (Å²) >= 11 is 0. The second-order valence-electron chi connectivity index (χ2n) is 5.66. The number of fused-ring (bicyclic) bond motifs is 4. The molecule has 0 fully saturated rings. The van der Waals surface area contributed by atoms with Crippen molar-refractivity contribution in [2.24, 2.45) is 0 Å². The summed E-state index contributed by atoms with van der Waals surface area (Å²) in [4.78, 5) is 6.95. The molecule has 1 aromatic carbocycles. The van der Waals surface area contributed by atoms with Gasteiger partial charge >= 0.3 is 0 Å². The third-order valence-corrected chi connectivity index (χ3v) is 4.76. The van der Waals surface area contributed by atoms with Gasteiger partial charge in [-0.15, -0.1) is 0 Å². The average Bonchev–Trinajstić information content (AvgIpc) is 2.47. The Morgan fingerprint density at radius 3 is 2.95 bits per heavy atom. The van der Waals surface area contributed by atoms with Crippen LogP contribution in [0.4, 0.5) is 0 Å². The highest BCUT2D eigenvalue weighted by molar-refractivity contribution is 5.39. The van der Waals surface area contributed by atoms with E-state index in [4.69, 9.17) is 0 Å². The van der Waals surface area contributed by atoms with Gasteiger partial charge in [0.2, 0.25) is 0 Å². The lowest BCUT2D eigenvalue weighted by Gasteiger charge is -2.45. The maximum absolute atomic E-state index is 4.30. The number of aromatic nitrogens is 1. The molecule has 0 bridgehead atoms. The van der Waals surface area contributed by atoms with Crippen LogP contribution in [0.2, 0.25) is 0 Å². The molecular weight excluding hydrogens is 232 g/mol. The zero-order valence-electron chi connectivity index (χ0n) is 11.2. The molecule has 0 amide bonds. The van der Waals surface area contributed by atoms with E-state index in [1.165, 1.54) is 28.7 Å². The van der Waals surface area contributed by atoms with Crippen molar-refractivity contribution in [3.63, 3.8) is 0 Å². The SMILES string of the molecule is C[C@H]1c2cnccc2C[C@H]2c3ccccc3CCN12. The molecule has 4 rings (SSSR count). The Kier molecular flexibility index (Phi) is 2.46. The summed E-state index contributed by atoms with van der Waals surface area (Å²) in [6, 6.07) is 12.2. The largest absolute Gasteiger partial charge is 0.289 e. The molecule has 2 aliphatic heterocycles. The number of hydrogen-bond acceptors (Lipinski definition) is 2. The van der Waals surface area contributed by atoms with Crippen LogP contribution in [-0.2, 0) is 12.8 Å². The van der Waals surface area contributed by atoms with E-state index in [0.29, 0.717) is 12.1 Å². The molecule has 0 spiro atoms. The Balaban J connectivity index is 1.83. The van der Waals surface area contributed by atoms with Crippen molar-refractivity contribution in [3.8, 4) is 0 Å². The van der Waals surface area contributed by atoms with E-state index in [2.05, 4.69) is 53.3 Å². The number of rotatable bonds is 0. The molecule has 2 aliphatic rings. The minimum Gasteiger partial charge on any atom is -0.289 e. The van der Waals surface area contributed by atoms with E-state index in [0.717, 1.165) is 13.0 Å². The van der Waals surface area contributed by atoms with Crippen molar-refractivity contribution in [1.29, 1.82) is 0 Å². The van der Waals surface area contributed by atoms with Gasteiger partial charge in [-0.25, -0.2) is 0 Å². The summed E-state index contributed by atoms with van der Waals surface area (Å²) in [5.74, 6) is 0. The molecule has 0 saturated carbocycles. The summed E-state index contributed by atoms with van der Waals surface area (Å²) in [5, 5.41) is 0. The topological polar surface area (TPSA) is 16.1 Å². The lowest BCUT2D eigenvalue weighted by Crippen LogP contribution is -2.41. The van der Waals surface area contributed by atoms with Gasteiger partial charge in [0.1, 0.15) is 0 Å². The molecule has 0 aliphatic carbocycles. The Morgan fingerprint density at radius 1 is 1.11 bits per heavy atom. The molecule has 0 saturated heterocycles. The fourth-order valence-corrected chi connectivity index (χ4v) is 3.75. The molecule has 0 N–H and O–H groups in total. The van der Waals surface area contributed by atoms with Gasteiger partial charge in [0.25, 0.3) is 0 Å². The van der Waals surface area contributed by atoms with Crippen LogP contribution < -0.4 is 0 Å². The molecule has 96 valence electrons. The number of pyridine rings is 1. The van der Waals surface area contributed by atoms with Gasteiger partial charge in [-0.1, -0.05) is 24.3 Å². The van der Waals surface area contributed by atoms with Crippen molar-refractivity contribution in [3.05, 3.63) is 65.0 Å². The molecule has 2 nitrogen and oxygen atoms in total. The van der Waals surface area contributed by atoms with Crippen molar-refractivity contribution < 1.29 is 0 Å². The third-order valence-electron chi connectivity index (χ3n) is 4.76. The molecule has 0 unspecified atom stereocenters. The highest BCUT2D eigenvalue weighted by atomic mass is 15.2. The Morgan fingerprint density at radius 2 is 2.00 bits per heavy atom. The first kappa shape index (κ1) is 11.2. The van der Waals surface area contributed by atoms with E-state index < -0.39 is 0 Å². The molecule has 2 aromatic rings. The zero-order chi connectivity index (χ0) is 12.8. The van der Waals surface area contributed by atoms with Gasteiger partial charge in [0, 0.05) is 31.0 Å². The third kappa shape index (κ3) is 1.63. The fourth-order valence-electron chi connectivity index (χ4n) is 3.75. The van der Waals surface area contributed by atoms with E-state index >= 15 is 0 Å². The lowest BCUT2D eigenvalue weighted by molar-refractivity contribution is 0.117. The molecule has 2 atom stereocenters. The molecule has 0 radical (unpaired) electrons. The smallest absolute Gasteiger partial charge is 0.0397 e. The molecule has 2 heteroatoms. The van der Waals surface area contributed by atoms with Crippen LogP contribution in [0.25, 0.3) is 0 Å². The predicted molar refractivity (Wildman–Crippen MR) is 75.9 cm³/mol. The van der Waals surface area contributed by atoms with E-state index in [1.54, 1.807) is 0 Å². The van der Waals surface area contributed by atoms with Gasteiger partial charge in [-0.05, 0) is 48.1 Å². The van der Waals surface area contributed by atoms with Crippen LogP contribution in [0.3, 0.4) is 0 Å². The van der Waals surface area contributed by atoms with Crippen LogP contribution in [-0.4, -0.2) is 16.4 Å². The van der Waals surface area contributed by atoms with Gasteiger partial charge in [0.05, 0.1) is 0 Å². The second-order valence-corrected chi connectivity index (χ2v) is 5.66. The van der Waals surface area contributed by atoms with Crippen molar-refractivity contribution in [2.45, 2.75) is 31.8 Å². The number of benzene rings is 1. The van der Waals surface area contributed by atoms with Crippen LogP contribution in [0.5, 0.6) is 0 Å². The van der Waals surface area contributed by atoms with Crippen molar-refractivity contribution in [1.82, 2.24) is 9.88 Å². The van der Waals surface area contributed by atoms with E-state index in [1.807, 2.05) is 6.20 Å². The van der Waals surface area contributed by atoms with Gasteiger partial charge in [-0.2, -0.15) is 0 Å². The fraction of sp³-hybridized carbons (Fsp3) is 0.353. The summed E-state index contributed by atoms with van der Waals surface area (Å²) < 4.78 is 0. The molecule has 19 heavy (non-hydrogen) atoms. The first-order chi connectivity index (χ1) is 9.34. The van der Waals surface area contributed by atoms with Crippen LogP contribution in [0.1, 0.15) is 41.3 Å². The summed E-state index contributed by atoms with van der Waals surface area (Å²) in [7, 11) is 0. The first-order valence-electron chi connectivity index (χ1n) is 7.11. The van der Waals surface area contributed by atoms with Crippen LogP contribution in [0, 0.1) is 0 Å². The minimum absolute atomic E-state index is 0.482. The predicted octanol–water partition coefficient (Wildman–Crippen LogP) is 3.30. The minimum atomic E-state index is 0.482.